The molecule has 2 N–H and O–H groups in total. The van der Waals surface area contributed by atoms with E-state index in [-0.39, 0.29) is 37.1 Å². The topological polar surface area (TPSA) is 130 Å². The van der Waals surface area contributed by atoms with E-state index in [1.54, 1.807) is 17.6 Å². The molecule has 0 spiro atoms. The number of carbonyl (C=O) groups is 1. The van der Waals surface area contributed by atoms with Crippen LogP contribution in [0, 0.1) is 11.7 Å². The Bertz CT molecular complexity index is 1760. The van der Waals surface area contributed by atoms with Crippen LogP contribution in [0.5, 0.6) is 0 Å². The number of pyridine rings is 1. The summed E-state index contributed by atoms with van der Waals surface area (Å²) in [4.78, 5) is 35.3. The van der Waals surface area contributed by atoms with E-state index in [0.29, 0.717) is 68.1 Å². The number of alkyl halides is 2. The Labute approximate surface area is 279 Å². The average molecular weight is 692 g/mol. The third kappa shape index (κ3) is 7.84. The molecule has 2 saturated heterocycles. The van der Waals surface area contributed by atoms with Gasteiger partial charge in [0.25, 0.3) is 11.5 Å². The van der Waals surface area contributed by atoms with E-state index >= 15 is 13.2 Å². The number of hydrogen-bond acceptors (Lipinski definition) is 9. The minimum atomic E-state index is -3.38. The van der Waals surface area contributed by atoms with Crippen molar-refractivity contribution in [2.45, 2.75) is 70.4 Å². The molecule has 0 saturated carbocycles. The van der Waals surface area contributed by atoms with E-state index < -0.39 is 39.3 Å². The normalized spacial score (nSPS) is 17.5. The number of rotatable bonds is 14. The lowest BCUT2D eigenvalue weighted by Gasteiger charge is -2.34. The van der Waals surface area contributed by atoms with Crippen LogP contribution in [0.4, 0.5) is 24.7 Å². The minimum absolute atomic E-state index is 0.0636. The third-order valence-corrected chi connectivity index (χ3v) is 10.7. The third-order valence-electron chi connectivity index (χ3n) is 9.43. The quantitative estimate of drug-likeness (QED) is 0.186. The number of unbranched alkanes of at least 4 members (excludes halogenated alkanes) is 4. The number of piperazine rings is 1. The van der Waals surface area contributed by atoms with Gasteiger partial charge >= 0.3 is 0 Å². The number of hydrogen-bond donors (Lipinski definition) is 2. The molecule has 5 rings (SSSR count). The summed E-state index contributed by atoms with van der Waals surface area (Å²) in [7, 11) is -3.38. The zero-order valence-electron chi connectivity index (χ0n) is 27.4. The summed E-state index contributed by atoms with van der Waals surface area (Å²) < 4.78 is 74.2. The Kier molecular flexibility index (Phi) is 11.4. The van der Waals surface area contributed by atoms with Gasteiger partial charge in [-0.2, -0.15) is 4.31 Å². The second kappa shape index (κ2) is 15.3. The first-order chi connectivity index (χ1) is 22.9. The Hall–Kier alpha value is -3.56. The summed E-state index contributed by atoms with van der Waals surface area (Å²) >= 11 is 0. The fourth-order valence-electron chi connectivity index (χ4n) is 6.66. The van der Waals surface area contributed by atoms with Crippen molar-refractivity contribution in [3.8, 4) is 0 Å². The first kappa shape index (κ1) is 35.7. The lowest BCUT2D eigenvalue weighted by Crippen LogP contribution is -2.50. The molecule has 0 amide bonds. The number of aldehydes is 1. The molecule has 262 valence electrons. The fraction of sp³-hybridized carbons (Fsp3) is 0.576. The number of aryl methyl sites for hydroxylation is 1. The standard InChI is InChI=1S/C33H44F3N7O4S/c1-23(25-9-8-10-27(29(25)34)33(35,36)24-11-13-37-14-12-24)40-30-26-21-28(41-16-18-42(19-17-41)48(2,46)47)32(45)43(31(26)39-22-38-30)15-6-4-3-5-7-20-44/h8-10,20-24,37H,3-7,11-19H2,1-2H3,(H,38,39,40). The molecule has 2 aliphatic rings. The maximum Gasteiger partial charge on any atom is 0.278 e. The highest BCUT2D eigenvalue weighted by molar-refractivity contribution is 7.88. The number of nitrogens with zero attached hydrogens (tertiary/aromatic N) is 5. The van der Waals surface area contributed by atoms with Gasteiger partial charge in [0.2, 0.25) is 10.0 Å². The second-order valence-corrected chi connectivity index (χ2v) is 14.7. The highest BCUT2D eigenvalue weighted by Gasteiger charge is 2.44. The molecule has 48 heavy (non-hydrogen) atoms. The Morgan fingerprint density at radius 3 is 2.48 bits per heavy atom. The van der Waals surface area contributed by atoms with Crippen molar-refractivity contribution in [3.63, 3.8) is 0 Å². The SMILES string of the molecule is CC(Nc1ncnc2c1cc(N1CCN(S(C)(=O)=O)CC1)c(=O)n2CCCCCCC=O)c1cccc(C(F)(F)C2CCNCC2)c1F. The van der Waals surface area contributed by atoms with E-state index in [4.69, 9.17) is 0 Å². The van der Waals surface area contributed by atoms with Crippen LogP contribution in [0.3, 0.4) is 0 Å². The summed E-state index contributed by atoms with van der Waals surface area (Å²) in [5.41, 5.74) is -0.112. The van der Waals surface area contributed by atoms with Crippen LogP contribution in [-0.4, -0.2) is 79.1 Å². The number of fused-ring (bicyclic) bond motifs is 1. The predicted molar refractivity (Wildman–Crippen MR) is 180 cm³/mol. The van der Waals surface area contributed by atoms with Gasteiger partial charge in [-0.1, -0.05) is 31.0 Å². The zero-order valence-corrected chi connectivity index (χ0v) is 28.2. The summed E-state index contributed by atoms with van der Waals surface area (Å²) in [5.74, 6) is -4.95. The van der Waals surface area contributed by atoms with Crippen molar-refractivity contribution in [1.29, 1.82) is 0 Å². The molecule has 11 nitrogen and oxygen atoms in total. The number of nitrogens with one attached hydrogen (secondary N) is 2. The van der Waals surface area contributed by atoms with Crippen LogP contribution in [0.2, 0.25) is 0 Å². The first-order valence-corrected chi connectivity index (χ1v) is 18.4. The molecule has 2 fully saturated rings. The number of benzene rings is 1. The van der Waals surface area contributed by atoms with Crippen molar-refractivity contribution in [2.75, 3.05) is 55.7 Å². The van der Waals surface area contributed by atoms with Gasteiger partial charge in [0.05, 0.1) is 23.2 Å². The maximum atomic E-state index is 15.9. The summed E-state index contributed by atoms with van der Waals surface area (Å²) in [5, 5.41) is 6.76. The van der Waals surface area contributed by atoms with Crippen LogP contribution in [0.1, 0.15) is 69.0 Å². The minimum Gasteiger partial charge on any atom is -0.364 e. The number of halogens is 3. The largest absolute Gasteiger partial charge is 0.364 e. The van der Waals surface area contributed by atoms with Crippen LogP contribution < -0.4 is 21.1 Å². The van der Waals surface area contributed by atoms with Crippen molar-refractivity contribution in [3.05, 3.63) is 57.9 Å². The molecule has 2 aromatic heterocycles. The molecular weight excluding hydrogens is 647 g/mol. The van der Waals surface area contributed by atoms with Gasteiger partial charge in [-0.15, -0.1) is 0 Å². The maximum absolute atomic E-state index is 15.9. The Morgan fingerprint density at radius 1 is 1.08 bits per heavy atom. The van der Waals surface area contributed by atoms with Gasteiger partial charge in [-0.05, 0) is 51.8 Å². The van der Waals surface area contributed by atoms with E-state index in [1.165, 1.54) is 22.8 Å². The molecule has 1 aromatic carbocycles. The smallest absolute Gasteiger partial charge is 0.278 e. The molecule has 0 aliphatic carbocycles. The van der Waals surface area contributed by atoms with E-state index in [0.717, 1.165) is 37.9 Å². The van der Waals surface area contributed by atoms with Gasteiger partial charge in [0.15, 0.2) is 0 Å². The Morgan fingerprint density at radius 2 is 1.79 bits per heavy atom. The number of aromatic nitrogens is 3. The van der Waals surface area contributed by atoms with Gasteiger partial charge in [-0.3, -0.25) is 9.36 Å². The highest BCUT2D eigenvalue weighted by atomic mass is 32.2. The predicted octanol–water partition coefficient (Wildman–Crippen LogP) is 4.43. The van der Waals surface area contributed by atoms with Crippen molar-refractivity contribution >= 4 is 38.8 Å². The Balaban J connectivity index is 1.48. The first-order valence-electron chi connectivity index (χ1n) is 16.6. The molecule has 2 aliphatic heterocycles. The molecular formula is C33H44F3N7O4S. The molecule has 0 bridgehead atoms. The highest BCUT2D eigenvalue weighted by Crippen LogP contribution is 2.43. The van der Waals surface area contributed by atoms with Crippen LogP contribution in [-0.2, 0) is 27.3 Å². The van der Waals surface area contributed by atoms with Gasteiger partial charge in [0, 0.05) is 50.6 Å². The van der Waals surface area contributed by atoms with Crippen LogP contribution >= 0.6 is 0 Å². The molecule has 15 heteroatoms. The van der Waals surface area contributed by atoms with Gasteiger partial charge in [-0.25, -0.2) is 31.6 Å². The molecule has 1 unspecified atom stereocenters. The lowest BCUT2D eigenvalue weighted by molar-refractivity contribution is -0.107. The van der Waals surface area contributed by atoms with E-state index in [1.807, 2.05) is 4.90 Å². The van der Waals surface area contributed by atoms with Crippen LogP contribution in [0.25, 0.3) is 11.0 Å². The summed E-state index contributed by atoms with van der Waals surface area (Å²) in [6.45, 7) is 3.98. The number of anilines is 2. The van der Waals surface area contributed by atoms with Crippen molar-refractivity contribution < 1.29 is 26.4 Å². The molecule has 4 heterocycles. The fourth-order valence-corrected chi connectivity index (χ4v) is 7.48. The van der Waals surface area contributed by atoms with Crippen molar-refractivity contribution in [1.82, 2.24) is 24.2 Å². The second-order valence-electron chi connectivity index (χ2n) is 12.7. The van der Waals surface area contributed by atoms with E-state index in [9.17, 15) is 18.0 Å². The zero-order chi connectivity index (χ0) is 34.5. The van der Waals surface area contributed by atoms with Crippen LogP contribution in [0.15, 0.2) is 35.4 Å². The van der Waals surface area contributed by atoms with Gasteiger partial charge in [0.1, 0.15) is 35.6 Å². The monoisotopic (exact) mass is 691 g/mol. The van der Waals surface area contributed by atoms with E-state index in [2.05, 4.69) is 20.6 Å². The molecule has 1 atom stereocenters. The molecule has 3 aromatic rings. The summed E-state index contributed by atoms with van der Waals surface area (Å²) in [6, 6.07) is 4.97. The average Bonchev–Trinajstić information content (AvgIpc) is 3.07. The lowest BCUT2D eigenvalue weighted by atomic mass is 9.86. The number of piperidine rings is 1. The van der Waals surface area contributed by atoms with Gasteiger partial charge < -0.3 is 20.3 Å². The number of carbonyl (C=O) groups excluding carboxylic acids is 1. The number of sulfonamides is 1. The van der Waals surface area contributed by atoms with Crippen molar-refractivity contribution in [2.24, 2.45) is 5.92 Å². The molecule has 0 radical (unpaired) electrons. The summed E-state index contributed by atoms with van der Waals surface area (Å²) in [6.07, 6.45) is 7.39.